The molecule has 1 atom stereocenters. The average molecular weight is 485 g/mol. The van der Waals surface area contributed by atoms with Gasteiger partial charge in [-0.05, 0) is 90.9 Å². The fourth-order valence-electron chi connectivity index (χ4n) is 4.31. The van der Waals surface area contributed by atoms with Crippen LogP contribution < -0.4 is 10.1 Å². The Labute approximate surface area is 212 Å². The average Bonchev–Trinajstić information content (AvgIpc) is 3.35. The lowest BCUT2D eigenvalue weighted by atomic mass is 10.0. The third kappa shape index (κ3) is 5.98. The Kier molecular flexibility index (Phi) is 8.32. The van der Waals surface area contributed by atoms with E-state index in [1.165, 1.54) is 4.90 Å². The number of ether oxygens (including phenoxy) is 1. The molecule has 0 aliphatic rings. The Bertz CT molecular complexity index is 1230. The molecule has 35 heavy (non-hydrogen) atoms. The number of benzene rings is 3. The Morgan fingerprint density at radius 2 is 1.66 bits per heavy atom. The Morgan fingerprint density at radius 1 is 0.943 bits per heavy atom. The maximum atomic E-state index is 12.9. The molecule has 0 bridgehead atoms. The molecule has 5 heteroatoms. The van der Waals surface area contributed by atoms with Gasteiger partial charge in [0, 0.05) is 22.7 Å². The Morgan fingerprint density at radius 3 is 2.29 bits per heavy atom. The molecule has 1 amide bonds. The number of nitrogens with one attached hydrogen (secondary N) is 1. The molecule has 0 aliphatic carbocycles. The summed E-state index contributed by atoms with van der Waals surface area (Å²) in [6, 6.07) is 31.1. The second-order valence-electron chi connectivity index (χ2n) is 8.41. The van der Waals surface area contributed by atoms with Gasteiger partial charge in [-0.3, -0.25) is 4.79 Å². The minimum Gasteiger partial charge on any atom is -0.497 e. The van der Waals surface area contributed by atoms with Crippen LogP contribution >= 0.6 is 11.8 Å². The predicted octanol–water partition coefficient (Wildman–Crippen LogP) is 7.07. The van der Waals surface area contributed by atoms with Crippen LogP contribution in [-0.4, -0.2) is 23.8 Å². The molecule has 4 aromatic rings. The van der Waals surface area contributed by atoms with Crippen LogP contribution in [0.3, 0.4) is 0 Å². The van der Waals surface area contributed by atoms with Gasteiger partial charge in [0.1, 0.15) is 5.75 Å². The summed E-state index contributed by atoms with van der Waals surface area (Å²) in [5, 5.41) is 3.21. The van der Waals surface area contributed by atoms with Gasteiger partial charge in [0.15, 0.2) is 0 Å². The van der Waals surface area contributed by atoms with E-state index in [-0.39, 0.29) is 11.9 Å². The first-order valence-electron chi connectivity index (χ1n) is 12.0. The van der Waals surface area contributed by atoms with Crippen LogP contribution in [0.2, 0.25) is 0 Å². The van der Waals surface area contributed by atoms with Crippen LogP contribution in [0.1, 0.15) is 37.1 Å². The smallest absolute Gasteiger partial charge is 0.220 e. The lowest BCUT2D eigenvalue weighted by Crippen LogP contribution is -2.28. The normalized spacial score (nSPS) is 11.7. The number of thioether (sulfide) groups is 1. The fourth-order valence-corrected chi connectivity index (χ4v) is 4.72. The molecular formula is C30H32N2O2S. The molecule has 1 N–H and O–H groups in total. The second kappa shape index (κ2) is 11.8. The van der Waals surface area contributed by atoms with Crippen LogP contribution in [0.5, 0.6) is 5.75 Å². The van der Waals surface area contributed by atoms with Crippen molar-refractivity contribution in [3.8, 4) is 22.7 Å². The van der Waals surface area contributed by atoms with E-state index >= 15 is 0 Å². The van der Waals surface area contributed by atoms with Crippen molar-refractivity contribution in [1.29, 1.82) is 0 Å². The molecular weight excluding hydrogens is 452 g/mol. The minimum atomic E-state index is 0.0319. The quantitative estimate of drug-likeness (QED) is 0.245. The van der Waals surface area contributed by atoms with E-state index in [4.69, 9.17) is 4.74 Å². The first kappa shape index (κ1) is 24.7. The van der Waals surface area contributed by atoms with Gasteiger partial charge in [-0.25, -0.2) is 0 Å². The van der Waals surface area contributed by atoms with Crippen molar-refractivity contribution in [2.24, 2.45) is 0 Å². The van der Waals surface area contributed by atoms with Crippen LogP contribution in [0.25, 0.3) is 16.9 Å². The van der Waals surface area contributed by atoms with Gasteiger partial charge in [0.05, 0.1) is 18.8 Å². The number of carbonyl (C=O) groups excluding carboxylic acids is 1. The van der Waals surface area contributed by atoms with E-state index in [0.29, 0.717) is 12.8 Å². The van der Waals surface area contributed by atoms with Gasteiger partial charge in [-0.1, -0.05) is 37.3 Å². The SMILES string of the molecule is CCC(NC(=O)CCc1ccc(-c2ccc(OC)cc2)n1-c1ccc(SC)cc1)c1ccccc1. The second-order valence-corrected chi connectivity index (χ2v) is 9.29. The number of hydrogen-bond acceptors (Lipinski definition) is 3. The highest BCUT2D eigenvalue weighted by molar-refractivity contribution is 7.98. The van der Waals surface area contributed by atoms with Crippen molar-refractivity contribution in [3.63, 3.8) is 0 Å². The number of aromatic nitrogens is 1. The summed E-state index contributed by atoms with van der Waals surface area (Å²) in [5.41, 5.74) is 5.53. The Hall–Kier alpha value is -3.44. The first-order valence-corrected chi connectivity index (χ1v) is 13.2. The van der Waals surface area contributed by atoms with Crippen molar-refractivity contribution >= 4 is 17.7 Å². The maximum Gasteiger partial charge on any atom is 0.220 e. The highest BCUT2D eigenvalue weighted by atomic mass is 32.2. The number of amides is 1. The summed E-state index contributed by atoms with van der Waals surface area (Å²) in [5.74, 6) is 0.897. The van der Waals surface area contributed by atoms with Crippen LogP contribution in [0.4, 0.5) is 0 Å². The van der Waals surface area contributed by atoms with Gasteiger partial charge in [0.25, 0.3) is 0 Å². The van der Waals surface area contributed by atoms with Crippen LogP contribution in [-0.2, 0) is 11.2 Å². The topological polar surface area (TPSA) is 43.3 Å². The zero-order valence-electron chi connectivity index (χ0n) is 20.5. The van der Waals surface area contributed by atoms with Gasteiger partial charge in [-0.2, -0.15) is 0 Å². The van der Waals surface area contributed by atoms with Crippen molar-refractivity contribution < 1.29 is 9.53 Å². The van der Waals surface area contributed by atoms with Crippen molar-refractivity contribution in [3.05, 3.63) is 102 Å². The van der Waals surface area contributed by atoms with Crippen molar-refractivity contribution in [2.45, 2.75) is 37.1 Å². The summed E-state index contributed by atoms with van der Waals surface area (Å²) in [6.45, 7) is 2.10. The molecule has 0 radical (unpaired) electrons. The molecule has 0 fully saturated rings. The van der Waals surface area contributed by atoms with Crippen LogP contribution in [0, 0.1) is 0 Å². The maximum absolute atomic E-state index is 12.9. The number of methoxy groups -OCH3 is 1. The minimum absolute atomic E-state index is 0.0319. The van der Waals surface area contributed by atoms with Crippen molar-refractivity contribution in [1.82, 2.24) is 9.88 Å². The van der Waals surface area contributed by atoms with E-state index in [1.807, 2.05) is 30.3 Å². The first-order chi connectivity index (χ1) is 17.1. The van der Waals surface area contributed by atoms with Gasteiger partial charge in [0.2, 0.25) is 5.91 Å². The monoisotopic (exact) mass is 484 g/mol. The molecule has 4 nitrogen and oxygen atoms in total. The van der Waals surface area contributed by atoms with E-state index in [0.717, 1.165) is 40.4 Å². The summed E-state index contributed by atoms with van der Waals surface area (Å²) in [7, 11) is 1.68. The summed E-state index contributed by atoms with van der Waals surface area (Å²) < 4.78 is 7.59. The molecule has 1 aromatic heterocycles. The molecule has 180 valence electrons. The van der Waals surface area contributed by atoms with Crippen LogP contribution in [0.15, 0.2) is 95.9 Å². The molecule has 0 saturated carbocycles. The lowest BCUT2D eigenvalue weighted by molar-refractivity contribution is -0.121. The van der Waals surface area contributed by atoms with E-state index < -0.39 is 0 Å². The number of hydrogen-bond donors (Lipinski definition) is 1. The molecule has 0 aliphatic heterocycles. The molecule has 4 rings (SSSR count). The zero-order valence-corrected chi connectivity index (χ0v) is 21.3. The third-order valence-electron chi connectivity index (χ3n) is 6.23. The molecule has 0 saturated heterocycles. The largest absolute Gasteiger partial charge is 0.497 e. The standard InChI is InChI=1S/C30H32N2O2S/c1-4-28(22-8-6-5-7-9-22)31-30(33)21-15-25-14-20-29(23-10-16-26(34-2)17-11-23)32(25)24-12-18-27(35-3)19-13-24/h5-14,16-20,28H,4,15,21H2,1-3H3,(H,31,33). The van der Waals surface area contributed by atoms with Crippen molar-refractivity contribution in [2.75, 3.05) is 13.4 Å². The molecule has 1 heterocycles. The zero-order chi connectivity index (χ0) is 24.6. The number of aryl methyl sites for hydroxylation is 1. The van der Waals surface area contributed by atoms with E-state index in [9.17, 15) is 4.79 Å². The highest BCUT2D eigenvalue weighted by Gasteiger charge is 2.16. The van der Waals surface area contributed by atoms with Gasteiger partial charge < -0.3 is 14.6 Å². The summed E-state index contributed by atoms with van der Waals surface area (Å²) in [6.07, 6.45) is 4.02. The van der Waals surface area contributed by atoms with Gasteiger partial charge >= 0.3 is 0 Å². The fraction of sp³-hybridized carbons (Fsp3) is 0.233. The number of rotatable bonds is 10. The molecule has 0 spiro atoms. The summed E-state index contributed by atoms with van der Waals surface area (Å²) in [4.78, 5) is 14.1. The predicted molar refractivity (Wildman–Crippen MR) is 145 cm³/mol. The third-order valence-corrected chi connectivity index (χ3v) is 6.98. The molecule has 3 aromatic carbocycles. The van der Waals surface area contributed by atoms with Gasteiger partial charge in [-0.15, -0.1) is 11.8 Å². The highest BCUT2D eigenvalue weighted by Crippen LogP contribution is 2.30. The lowest BCUT2D eigenvalue weighted by Gasteiger charge is -2.18. The Balaban J connectivity index is 1.57. The number of carbonyl (C=O) groups is 1. The van der Waals surface area contributed by atoms with E-state index in [1.54, 1.807) is 18.9 Å². The summed E-state index contributed by atoms with van der Waals surface area (Å²) >= 11 is 1.73. The number of nitrogens with zero attached hydrogens (tertiary/aromatic N) is 1. The molecule has 1 unspecified atom stereocenters. The van der Waals surface area contributed by atoms with E-state index in [2.05, 4.69) is 83.7 Å².